The van der Waals surface area contributed by atoms with E-state index in [1.807, 2.05) is 14.1 Å². The van der Waals surface area contributed by atoms with Gasteiger partial charge in [0.05, 0.1) is 15.4 Å². The third kappa shape index (κ3) is 4.24. The van der Waals surface area contributed by atoms with E-state index in [-0.39, 0.29) is 22.2 Å². The van der Waals surface area contributed by atoms with Crippen molar-refractivity contribution in [3.05, 3.63) is 78.5 Å². The second-order valence-corrected chi connectivity index (χ2v) is 9.00. The van der Waals surface area contributed by atoms with Crippen molar-refractivity contribution >= 4 is 27.3 Å². The number of rotatable bonds is 6. The largest absolute Gasteiger partial charge is 0.363 e. The molecule has 0 bridgehead atoms. The number of carbonyl (C=O) groups is 1. The van der Waals surface area contributed by atoms with Gasteiger partial charge in [0.25, 0.3) is 5.91 Å². The van der Waals surface area contributed by atoms with Gasteiger partial charge in [-0.3, -0.25) is 9.20 Å². The third-order valence-corrected chi connectivity index (χ3v) is 6.44. The van der Waals surface area contributed by atoms with Crippen molar-refractivity contribution in [2.24, 2.45) is 0 Å². The number of benzene rings is 1. The minimum Gasteiger partial charge on any atom is -0.363 e. The van der Waals surface area contributed by atoms with E-state index >= 15 is 0 Å². The van der Waals surface area contributed by atoms with Crippen LogP contribution >= 0.6 is 0 Å². The number of anilines is 1. The number of hydrogen-bond acceptors (Lipinski definition) is 7. The van der Waals surface area contributed by atoms with Gasteiger partial charge in [-0.2, -0.15) is 0 Å². The van der Waals surface area contributed by atoms with Crippen LogP contribution in [0.3, 0.4) is 0 Å². The second-order valence-electron chi connectivity index (χ2n) is 7.05. The highest BCUT2D eigenvalue weighted by atomic mass is 32.2. The number of pyridine rings is 1. The van der Waals surface area contributed by atoms with Gasteiger partial charge in [-0.25, -0.2) is 23.4 Å². The van der Waals surface area contributed by atoms with Crippen LogP contribution in [0.15, 0.2) is 77.2 Å². The van der Waals surface area contributed by atoms with Crippen LogP contribution in [0.4, 0.5) is 5.82 Å². The molecule has 0 fully saturated rings. The normalized spacial score (nSPS) is 11.4. The van der Waals surface area contributed by atoms with Gasteiger partial charge in [-0.15, -0.1) is 0 Å². The molecule has 1 amide bonds. The van der Waals surface area contributed by atoms with E-state index in [0.717, 1.165) is 5.56 Å². The lowest BCUT2D eigenvalue weighted by Gasteiger charge is -2.12. The van der Waals surface area contributed by atoms with Crippen LogP contribution in [0.2, 0.25) is 0 Å². The van der Waals surface area contributed by atoms with Crippen LogP contribution in [0, 0.1) is 0 Å². The molecular weight excluding hydrogens is 416 g/mol. The fourth-order valence-corrected chi connectivity index (χ4v) is 4.14. The molecule has 10 heteroatoms. The standard InChI is InChI=1S/C21H20N6O3S/c1-26(2)19-8-7-18(13-23-19)31(29,30)17-5-3-15(4-6-17)11-24-20(28)16-12-25-21-22-9-10-27(21)14-16/h3-10,12-14H,11H2,1-2H3,(H,24,28). The van der Waals surface area contributed by atoms with Crippen molar-refractivity contribution in [1.29, 1.82) is 0 Å². The van der Waals surface area contributed by atoms with Crippen LogP contribution in [-0.2, 0) is 16.4 Å². The number of nitrogens with zero attached hydrogens (tertiary/aromatic N) is 5. The highest BCUT2D eigenvalue weighted by Gasteiger charge is 2.18. The van der Waals surface area contributed by atoms with Crippen molar-refractivity contribution in [3.8, 4) is 0 Å². The molecule has 0 radical (unpaired) electrons. The number of imidazole rings is 1. The summed E-state index contributed by atoms with van der Waals surface area (Å²) in [4.78, 5) is 26.8. The predicted molar refractivity (Wildman–Crippen MR) is 115 cm³/mol. The van der Waals surface area contributed by atoms with Crippen molar-refractivity contribution in [2.45, 2.75) is 16.3 Å². The second kappa shape index (κ2) is 8.15. The average Bonchev–Trinajstić information content (AvgIpc) is 3.25. The summed E-state index contributed by atoms with van der Waals surface area (Å²) in [6, 6.07) is 9.59. The first-order chi connectivity index (χ1) is 14.8. The maximum Gasteiger partial charge on any atom is 0.254 e. The minimum absolute atomic E-state index is 0.126. The van der Waals surface area contributed by atoms with Crippen LogP contribution in [0.5, 0.6) is 0 Å². The van der Waals surface area contributed by atoms with Crippen LogP contribution in [0.1, 0.15) is 15.9 Å². The molecule has 0 aliphatic carbocycles. The zero-order valence-electron chi connectivity index (χ0n) is 16.9. The summed E-state index contributed by atoms with van der Waals surface area (Å²) >= 11 is 0. The number of hydrogen-bond donors (Lipinski definition) is 1. The summed E-state index contributed by atoms with van der Waals surface area (Å²) in [5.41, 5.74) is 1.17. The van der Waals surface area contributed by atoms with Crippen LogP contribution in [0.25, 0.3) is 5.78 Å². The van der Waals surface area contributed by atoms with Crippen LogP contribution in [-0.4, -0.2) is 47.8 Å². The summed E-state index contributed by atoms with van der Waals surface area (Å²) in [5, 5.41) is 2.80. The fourth-order valence-electron chi connectivity index (χ4n) is 2.94. The molecule has 0 aliphatic rings. The Labute approximate surface area is 179 Å². The maximum atomic E-state index is 12.8. The van der Waals surface area contributed by atoms with Gasteiger partial charge in [0, 0.05) is 51.6 Å². The smallest absolute Gasteiger partial charge is 0.254 e. The van der Waals surface area contributed by atoms with E-state index < -0.39 is 9.84 Å². The lowest BCUT2D eigenvalue weighted by atomic mass is 10.2. The molecule has 0 unspecified atom stereocenters. The summed E-state index contributed by atoms with van der Waals surface area (Å²) in [6.45, 7) is 0.250. The van der Waals surface area contributed by atoms with Gasteiger partial charge < -0.3 is 10.2 Å². The SMILES string of the molecule is CN(C)c1ccc(S(=O)(=O)c2ccc(CNC(=O)c3cnc4nccn4c3)cc2)cn1. The van der Waals surface area contributed by atoms with E-state index in [9.17, 15) is 13.2 Å². The zero-order valence-corrected chi connectivity index (χ0v) is 17.7. The third-order valence-electron chi connectivity index (χ3n) is 4.68. The van der Waals surface area contributed by atoms with Gasteiger partial charge in [-0.1, -0.05) is 12.1 Å². The highest BCUT2D eigenvalue weighted by molar-refractivity contribution is 7.91. The molecule has 0 spiro atoms. The fraction of sp³-hybridized carbons (Fsp3) is 0.143. The molecule has 3 aromatic heterocycles. The average molecular weight is 436 g/mol. The first-order valence-electron chi connectivity index (χ1n) is 9.39. The molecule has 0 saturated heterocycles. The molecule has 4 aromatic rings. The van der Waals surface area contributed by atoms with E-state index in [1.54, 1.807) is 46.1 Å². The Morgan fingerprint density at radius 1 is 1.00 bits per heavy atom. The first kappa shape index (κ1) is 20.5. The Morgan fingerprint density at radius 3 is 2.42 bits per heavy atom. The summed E-state index contributed by atoms with van der Waals surface area (Å²) in [6.07, 6.45) is 7.77. The Hall–Kier alpha value is -3.79. The van der Waals surface area contributed by atoms with E-state index in [0.29, 0.717) is 17.2 Å². The Morgan fingerprint density at radius 2 is 1.74 bits per heavy atom. The molecule has 0 saturated carbocycles. The van der Waals surface area contributed by atoms with Gasteiger partial charge in [0.15, 0.2) is 0 Å². The summed E-state index contributed by atoms with van der Waals surface area (Å²) in [7, 11) is -0.00525. The van der Waals surface area contributed by atoms with Crippen molar-refractivity contribution < 1.29 is 13.2 Å². The Kier molecular flexibility index (Phi) is 5.38. The monoisotopic (exact) mass is 436 g/mol. The quantitative estimate of drug-likeness (QED) is 0.492. The van der Waals surface area contributed by atoms with Crippen molar-refractivity contribution in [1.82, 2.24) is 24.7 Å². The minimum atomic E-state index is -3.67. The lowest BCUT2D eigenvalue weighted by Crippen LogP contribution is -2.23. The summed E-state index contributed by atoms with van der Waals surface area (Å²) < 4.78 is 27.3. The summed E-state index contributed by atoms with van der Waals surface area (Å²) in [5.74, 6) is 0.902. The van der Waals surface area contributed by atoms with Gasteiger partial charge >= 0.3 is 0 Å². The Balaban J connectivity index is 1.44. The van der Waals surface area contributed by atoms with E-state index in [1.165, 1.54) is 30.6 Å². The molecule has 9 nitrogen and oxygen atoms in total. The number of carbonyl (C=O) groups excluding carboxylic acids is 1. The van der Waals surface area contributed by atoms with Gasteiger partial charge in [0.2, 0.25) is 15.6 Å². The molecule has 31 heavy (non-hydrogen) atoms. The molecule has 1 aromatic carbocycles. The Bertz CT molecular complexity index is 1330. The molecule has 0 atom stereocenters. The first-order valence-corrected chi connectivity index (χ1v) is 10.9. The molecule has 4 rings (SSSR count). The number of nitrogens with one attached hydrogen (secondary N) is 1. The number of aromatic nitrogens is 4. The maximum absolute atomic E-state index is 12.8. The lowest BCUT2D eigenvalue weighted by molar-refractivity contribution is 0.0950. The van der Waals surface area contributed by atoms with Crippen molar-refractivity contribution in [2.75, 3.05) is 19.0 Å². The molecule has 158 valence electrons. The van der Waals surface area contributed by atoms with E-state index in [4.69, 9.17) is 0 Å². The molecule has 3 heterocycles. The number of amides is 1. The molecular formula is C21H20N6O3S. The predicted octanol–water partition coefficient (Wildman–Crippen LogP) is 1.95. The highest BCUT2D eigenvalue weighted by Crippen LogP contribution is 2.22. The number of fused-ring (bicyclic) bond motifs is 1. The van der Waals surface area contributed by atoms with Gasteiger partial charge in [-0.05, 0) is 29.8 Å². The zero-order chi connectivity index (χ0) is 22.0. The topological polar surface area (TPSA) is 110 Å². The number of sulfone groups is 1. The van der Waals surface area contributed by atoms with Gasteiger partial charge in [0.1, 0.15) is 5.82 Å². The van der Waals surface area contributed by atoms with E-state index in [2.05, 4.69) is 20.3 Å². The molecule has 1 N–H and O–H groups in total. The molecule has 0 aliphatic heterocycles. The van der Waals surface area contributed by atoms with Crippen molar-refractivity contribution in [3.63, 3.8) is 0 Å². The van der Waals surface area contributed by atoms with Crippen LogP contribution < -0.4 is 10.2 Å².